The number of aryl methyl sites for hydroxylation is 1. The van der Waals surface area contributed by atoms with Gasteiger partial charge in [-0.2, -0.15) is 0 Å². The van der Waals surface area contributed by atoms with Gasteiger partial charge in [0.2, 0.25) is 5.91 Å². The molecular formula is C42H49ClFN3O5. The summed E-state index contributed by atoms with van der Waals surface area (Å²) >= 11 is 6.59. The Morgan fingerprint density at radius 3 is 2.46 bits per heavy atom. The second-order valence-corrected chi connectivity index (χ2v) is 14.8. The average Bonchev–Trinajstić information content (AvgIpc) is 3.21. The summed E-state index contributed by atoms with van der Waals surface area (Å²) in [4.78, 5) is 31.6. The van der Waals surface area contributed by atoms with Crippen molar-refractivity contribution in [3.05, 3.63) is 124 Å². The summed E-state index contributed by atoms with van der Waals surface area (Å²) in [6, 6.07) is 27.6. The van der Waals surface area contributed by atoms with Crippen molar-refractivity contribution in [1.82, 2.24) is 10.2 Å². The number of halogens is 2. The monoisotopic (exact) mass is 729 g/mol. The number of benzene rings is 4. The number of methoxy groups -OCH3 is 1. The van der Waals surface area contributed by atoms with E-state index in [4.69, 9.17) is 25.8 Å². The van der Waals surface area contributed by atoms with Crippen LogP contribution in [0.15, 0.2) is 91.0 Å². The molecule has 8 nitrogen and oxygen atoms in total. The van der Waals surface area contributed by atoms with Gasteiger partial charge in [0.25, 0.3) is 5.91 Å². The number of carbonyl (C=O) groups excluding carboxylic acids is 2. The molecule has 4 aromatic rings. The fraction of sp³-hybridized carbons (Fsp3) is 0.381. The average molecular weight is 730 g/mol. The summed E-state index contributed by atoms with van der Waals surface area (Å²) in [5.74, 6) is -0.228. The van der Waals surface area contributed by atoms with E-state index in [9.17, 15) is 14.0 Å². The van der Waals surface area contributed by atoms with Gasteiger partial charge < -0.3 is 29.3 Å². The molecule has 4 aromatic carbocycles. The maximum Gasteiger partial charge on any atom is 0.256 e. The van der Waals surface area contributed by atoms with Crippen molar-refractivity contribution in [1.29, 1.82) is 0 Å². The van der Waals surface area contributed by atoms with Crippen LogP contribution in [-0.4, -0.2) is 63.2 Å². The summed E-state index contributed by atoms with van der Waals surface area (Å²) in [6.45, 7) is 8.53. The number of amides is 2. The third-order valence-corrected chi connectivity index (χ3v) is 9.15. The fourth-order valence-electron chi connectivity index (χ4n) is 6.35. The smallest absolute Gasteiger partial charge is 0.256 e. The molecular weight excluding hydrogens is 681 g/mol. The van der Waals surface area contributed by atoms with Crippen LogP contribution in [0.1, 0.15) is 62.0 Å². The Kier molecular flexibility index (Phi) is 13.3. The number of hydrogen-bond donors (Lipinski definition) is 1. The van der Waals surface area contributed by atoms with E-state index < -0.39 is 23.9 Å². The third kappa shape index (κ3) is 10.3. The van der Waals surface area contributed by atoms with Crippen molar-refractivity contribution >= 4 is 29.1 Å². The first-order valence-corrected chi connectivity index (χ1v) is 18.1. The molecule has 10 heteroatoms. The van der Waals surface area contributed by atoms with Gasteiger partial charge in [0, 0.05) is 47.0 Å². The number of carbonyl (C=O) groups is 2. The molecule has 0 fully saturated rings. The highest BCUT2D eigenvalue weighted by Crippen LogP contribution is 2.45. The molecule has 1 aliphatic rings. The minimum Gasteiger partial charge on any atom is -0.492 e. The second kappa shape index (κ2) is 17.9. The zero-order valence-electron chi connectivity index (χ0n) is 30.7. The maximum absolute atomic E-state index is 14.4. The van der Waals surface area contributed by atoms with Gasteiger partial charge in [-0.3, -0.25) is 9.59 Å². The van der Waals surface area contributed by atoms with Gasteiger partial charge in [0.05, 0.1) is 13.5 Å². The van der Waals surface area contributed by atoms with E-state index in [-0.39, 0.29) is 24.3 Å². The van der Waals surface area contributed by atoms with Gasteiger partial charge in [0.1, 0.15) is 24.6 Å². The van der Waals surface area contributed by atoms with Crippen molar-refractivity contribution in [2.75, 3.05) is 45.3 Å². The zero-order chi connectivity index (χ0) is 37.3. The maximum atomic E-state index is 14.4. The molecule has 0 aliphatic carbocycles. The molecule has 0 spiro atoms. The summed E-state index contributed by atoms with van der Waals surface area (Å²) < 4.78 is 33.3. The number of para-hydroxylation sites is 1. The Morgan fingerprint density at radius 1 is 0.981 bits per heavy atom. The van der Waals surface area contributed by atoms with Crippen LogP contribution in [0.25, 0.3) is 0 Å². The lowest BCUT2D eigenvalue weighted by atomic mass is 9.94. The minimum absolute atomic E-state index is 0.0210. The van der Waals surface area contributed by atoms with Crippen LogP contribution in [0.3, 0.4) is 0 Å². The van der Waals surface area contributed by atoms with Crippen molar-refractivity contribution < 1.29 is 28.2 Å². The van der Waals surface area contributed by atoms with Crippen LogP contribution in [-0.2, 0) is 27.3 Å². The molecule has 52 heavy (non-hydrogen) atoms. The van der Waals surface area contributed by atoms with Crippen LogP contribution >= 0.6 is 11.6 Å². The van der Waals surface area contributed by atoms with Crippen molar-refractivity contribution in [2.45, 2.75) is 58.8 Å². The van der Waals surface area contributed by atoms with Gasteiger partial charge in [-0.15, -0.1) is 0 Å². The normalized spacial score (nSPS) is 16.0. The van der Waals surface area contributed by atoms with Gasteiger partial charge in [0.15, 0.2) is 11.5 Å². The Bertz CT molecular complexity index is 1820. The minimum atomic E-state index is -1.17. The SMILES string of the molecule is COc1c(OCCN(C)CCCc2ccccc2)cccc1[C@@H]1O[C@@H](CC(=O)NCc2ccccc2F)C(=O)N(CC(C)(C)C)c2ccc(Cl)cc21. The molecule has 0 saturated carbocycles. The number of hydrogen-bond acceptors (Lipinski definition) is 6. The summed E-state index contributed by atoms with van der Waals surface area (Å²) in [5.41, 5.74) is 3.30. The van der Waals surface area contributed by atoms with Gasteiger partial charge >= 0.3 is 0 Å². The highest BCUT2D eigenvalue weighted by molar-refractivity contribution is 6.30. The highest BCUT2D eigenvalue weighted by Gasteiger charge is 2.40. The molecule has 0 saturated heterocycles. The lowest BCUT2D eigenvalue weighted by molar-refractivity contribution is -0.138. The number of anilines is 1. The van der Waals surface area contributed by atoms with Crippen LogP contribution in [0.4, 0.5) is 10.1 Å². The Balaban J connectivity index is 1.39. The van der Waals surface area contributed by atoms with E-state index in [1.165, 1.54) is 11.6 Å². The Morgan fingerprint density at radius 2 is 1.73 bits per heavy atom. The molecule has 1 heterocycles. The molecule has 2 atom stereocenters. The molecule has 2 amide bonds. The summed E-state index contributed by atoms with van der Waals surface area (Å²) in [7, 11) is 3.65. The van der Waals surface area contributed by atoms with Gasteiger partial charge in [-0.25, -0.2) is 4.39 Å². The number of fused-ring (bicyclic) bond motifs is 1. The molecule has 0 radical (unpaired) electrons. The molecule has 1 aliphatic heterocycles. The molecule has 5 rings (SSSR count). The number of ether oxygens (including phenoxy) is 3. The topological polar surface area (TPSA) is 80.3 Å². The standard InChI is InChI=1S/C42H49ClFN3O5/c1-42(2,3)28-47-35-21-20-31(43)25-33(35)39(52-37(41(47)49)26-38(48)45-27-30-16-9-10-18-34(30)44)32-17-11-19-36(40(32)50-5)51-24-23-46(4)22-12-15-29-13-7-6-8-14-29/h6-11,13-14,16-21,25,37,39H,12,15,22-24,26-28H2,1-5H3,(H,45,48)/t37-,39-/m0/s1. The number of nitrogens with one attached hydrogen (secondary N) is 1. The largest absolute Gasteiger partial charge is 0.492 e. The first kappa shape index (κ1) is 38.8. The quantitative estimate of drug-likeness (QED) is 0.134. The molecule has 1 N–H and O–H groups in total. The van der Waals surface area contributed by atoms with Crippen LogP contribution < -0.4 is 19.7 Å². The fourth-order valence-corrected chi connectivity index (χ4v) is 6.53. The lowest BCUT2D eigenvalue weighted by Crippen LogP contribution is -2.45. The molecule has 0 bridgehead atoms. The van der Waals surface area contributed by atoms with E-state index in [0.29, 0.717) is 58.6 Å². The van der Waals surface area contributed by atoms with Gasteiger partial charge in [-0.1, -0.05) is 93.0 Å². The zero-order valence-corrected chi connectivity index (χ0v) is 31.4. The van der Waals surface area contributed by atoms with Crippen molar-refractivity contribution in [2.24, 2.45) is 5.41 Å². The van der Waals surface area contributed by atoms with E-state index in [2.05, 4.69) is 41.5 Å². The summed E-state index contributed by atoms with van der Waals surface area (Å²) in [6.07, 6.45) is -0.239. The third-order valence-electron chi connectivity index (χ3n) is 8.92. The lowest BCUT2D eigenvalue weighted by Gasteiger charge is -2.31. The van der Waals surface area contributed by atoms with Crippen LogP contribution in [0.2, 0.25) is 5.02 Å². The molecule has 0 unspecified atom stereocenters. The Hall–Kier alpha value is -4.44. The predicted octanol–water partition coefficient (Wildman–Crippen LogP) is 8.00. The number of rotatable bonds is 15. The first-order chi connectivity index (χ1) is 24.9. The van der Waals surface area contributed by atoms with Gasteiger partial charge in [-0.05, 0) is 67.7 Å². The number of nitrogens with zero attached hydrogens (tertiary/aromatic N) is 2. The first-order valence-electron chi connectivity index (χ1n) is 17.7. The van der Waals surface area contributed by atoms with Crippen LogP contribution in [0, 0.1) is 11.2 Å². The van der Waals surface area contributed by atoms with E-state index in [0.717, 1.165) is 19.4 Å². The van der Waals surface area contributed by atoms with E-state index in [1.54, 1.807) is 42.3 Å². The Labute approximate surface area is 311 Å². The van der Waals surface area contributed by atoms with Crippen molar-refractivity contribution in [3.63, 3.8) is 0 Å². The summed E-state index contributed by atoms with van der Waals surface area (Å²) in [5, 5.41) is 3.23. The molecule has 0 aromatic heterocycles. The second-order valence-electron chi connectivity index (χ2n) is 14.4. The molecule has 276 valence electrons. The number of likely N-dealkylation sites (N-methyl/N-ethyl adjacent to an activating group) is 1. The van der Waals surface area contributed by atoms with Crippen molar-refractivity contribution in [3.8, 4) is 11.5 Å². The predicted molar refractivity (Wildman–Crippen MR) is 204 cm³/mol. The van der Waals surface area contributed by atoms with E-state index >= 15 is 0 Å². The highest BCUT2D eigenvalue weighted by atomic mass is 35.5. The van der Waals surface area contributed by atoms with Crippen LogP contribution in [0.5, 0.6) is 11.5 Å². The van der Waals surface area contributed by atoms with E-state index in [1.807, 2.05) is 51.1 Å².